The van der Waals surface area contributed by atoms with Crippen LogP contribution in [0.15, 0.2) is 60.7 Å². The predicted octanol–water partition coefficient (Wildman–Crippen LogP) is 5.30. The van der Waals surface area contributed by atoms with E-state index in [1.54, 1.807) is 0 Å². The zero-order valence-corrected chi connectivity index (χ0v) is 19.3. The molecule has 0 aliphatic carbocycles. The minimum atomic E-state index is -1.36. The maximum atomic E-state index is 9.63. The molecule has 4 rings (SSSR count). The van der Waals surface area contributed by atoms with Crippen LogP contribution in [0, 0.1) is 0 Å². The van der Waals surface area contributed by atoms with E-state index in [0.29, 0.717) is 0 Å². The van der Waals surface area contributed by atoms with E-state index in [9.17, 15) is 10.0 Å². The van der Waals surface area contributed by atoms with E-state index < -0.39 is 7.12 Å². The van der Waals surface area contributed by atoms with Gasteiger partial charge in [0.05, 0.1) is 0 Å². The molecule has 0 aliphatic heterocycles. The van der Waals surface area contributed by atoms with Crippen LogP contribution in [0.25, 0.3) is 31.5 Å². The summed E-state index contributed by atoms with van der Waals surface area (Å²) < 4.78 is 1.95. The number of hydrogen-bond donors (Lipinski definition) is 2. The van der Waals surface area contributed by atoms with Crippen molar-refractivity contribution in [3.8, 4) is 10.0 Å². The molecule has 0 bridgehead atoms. The molecule has 3 aromatic carbocycles. The van der Waals surface area contributed by atoms with Crippen molar-refractivity contribution in [1.82, 2.24) is 0 Å². The van der Waals surface area contributed by atoms with Crippen molar-refractivity contribution in [3.05, 3.63) is 66.2 Å². The molecule has 0 atom stereocenters. The number of benzene rings is 3. The van der Waals surface area contributed by atoms with Gasteiger partial charge in [-0.1, -0.05) is 6.92 Å². The van der Waals surface area contributed by atoms with Crippen molar-refractivity contribution in [1.29, 1.82) is 0 Å². The molecule has 0 unspecified atom stereocenters. The second-order valence-electron chi connectivity index (χ2n) is 8.04. The van der Waals surface area contributed by atoms with Crippen LogP contribution in [0.4, 0.5) is 0 Å². The Bertz CT molecular complexity index is 1080. The van der Waals surface area contributed by atoms with Gasteiger partial charge in [-0.15, -0.1) is 0 Å². The second kappa shape index (κ2) is 9.98. The number of unbranched alkanes of at least 4 members (excludes halogenated alkanes) is 5. The summed E-state index contributed by atoms with van der Waals surface area (Å²) >= 11 is -0.0689. The molecule has 4 heteroatoms. The molecule has 2 nitrogen and oxygen atoms in total. The van der Waals surface area contributed by atoms with Gasteiger partial charge >= 0.3 is 179 Å². The van der Waals surface area contributed by atoms with Crippen molar-refractivity contribution in [2.75, 3.05) is 0 Å². The average Bonchev–Trinajstić information content (AvgIpc) is 3.25. The molecular formula is C26H29BO2Se. The van der Waals surface area contributed by atoms with Crippen molar-refractivity contribution in [2.45, 2.75) is 51.9 Å². The van der Waals surface area contributed by atoms with Gasteiger partial charge in [-0.25, -0.2) is 0 Å². The van der Waals surface area contributed by atoms with Gasteiger partial charge in [-0.05, 0) is 0 Å². The van der Waals surface area contributed by atoms with Crippen LogP contribution in [-0.4, -0.2) is 31.7 Å². The van der Waals surface area contributed by atoms with Gasteiger partial charge in [0, 0.05) is 0 Å². The Balaban J connectivity index is 1.79. The van der Waals surface area contributed by atoms with Crippen LogP contribution in [0.2, 0.25) is 0 Å². The normalized spacial score (nSPS) is 11.4. The average molecular weight is 463 g/mol. The van der Waals surface area contributed by atoms with Gasteiger partial charge in [0.1, 0.15) is 0 Å². The summed E-state index contributed by atoms with van der Waals surface area (Å²) in [5.41, 5.74) is 2.72. The quantitative estimate of drug-likeness (QED) is 0.201. The Morgan fingerprint density at radius 3 is 1.83 bits per heavy atom. The molecule has 30 heavy (non-hydrogen) atoms. The molecule has 0 fully saturated rings. The summed E-state index contributed by atoms with van der Waals surface area (Å²) in [6, 6.07) is 21.5. The number of hydrogen-bond acceptors (Lipinski definition) is 2. The summed E-state index contributed by atoms with van der Waals surface area (Å²) in [6.07, 6.45) is 8.94. The summed E-state index contributed by atoms with van der Waals surface area (Å²) in [7, 11) is -1.36. The van der Waals surface area contributed by atoms with E-state index in [1.165, 1.54) is 75.6 Å². The fourth-order valence-electron chi connectivity index (χ4n) is 4.46. The third-order valence-corrected chi connectivity index (χ3v) is 8.35. The molecule has 154 valence electrons. The molecule has 1 heterocycles. The van der Waals surface area contributed by atoms with Crippen molar-refractivity contribution < 1.29 is 10.0 Å². The predicted molar refractivity (Wildman–Crippen MR) is 131 cm³/mol. The molecule has 0 aliphatic rings. The van der Waals surface area contributed by atoms with Gasteiger partial charge in [-0.2, -0.15) is 0 Å². The molecular weight excluding hydrogens is 434 g/mol. The molecule has 0 amide bonds. The van der Waals surface area contributed by atoms with Crippen LogP contribution in [0.1, 0.15) is 51.0 Å². The van der Waals surface area contributed by atoms with Crippen molar-refractivity contribution in [2.24, 2.45) is 0 Å². The first-order chi connectivity index (χ1) is 14.7. The first-order valence-corrected chi connectivity index (χ1v) is 12.8. The third-order valence-electron chi connectivity index (χ3n) is 5.95. The fraction of sp³-hybridized carbons (Fsp3) is 0.308. The van der Waals surface area contributed by atoms with Crippen molar-refractivity contribution in [3.63, 3.8) is 0 Å². The number of rotatable bonds is 9. The van der Waals surface area contributed by atoms with Crippen LogP contribution in [0.3, 0.4) is 0 Å². The molecule has 0 saturated heterocycles. The maximum absolute atomic E-state index is 9.63. The molecule has 0 radical (unpaired) electrons. The van der Waals surface area contributed by atoms with Crippen LogP contribution < -0.4 is 4.34 Å². The van der Waals surface area contributed by atoms with E-state index in [2.05, 4.69) is 61.5 Å². The zero-order valence-electron chi connectivity index (χ0n) is 17.6. The third kappa shape index (κ3) is 4.43. The van der Waals surface area contributed by atoms with Crippen LogP contribution in [0.5, 0.6) is 0 Å². The topological polar surface area (TPSA) is 40.5 Å². The molecule has 2 N–H and O–H groups in total. The van der Waals surface area contributed by atoms with Gasteiger partial charge in [0.25, 0.3) is 0 Å². The summed E-state index contributed by atoms with van der Waals surface area (Å²) in [6.45, 7) is 2.26. The Morgan fingerprint density at radius 2 is 1.27 bits per heavy atom. The van der Waals surface area contributed by atoms with Crippen LogP contribution in [-0.2, 0) is 6.42 Å². The SMILES string of the molecule is CCCCCCCCc1c2ccccc2c(-c2ccc(B(O)O)[se]2)c2ccccc12. The Morgan fingerprint density at radius 1 is 0.700 bits per heavy atom. The van der Waals surface area contributed by atoms with E-state index in [0.717, 1.165) is 10.8 Å². The Labute approximate surface area is 185 Å². The number of aryl methyl sites for hydroxylation is 1. The zero-order chi connectivity index (χ0) is 20.9. The van der Waals surface area contributed by atoms with Gasteiger partial charge in [0.15, 0.2) is 0 Å². The van der Waals surface area contributed by atoms with E-state index in [4.69, 9.17) is 0 Å². The van der Waals surface area contributed by atoms with Crippen LogP contribution >= 0.6 is 0 Å². The Kier molecular flexibility index (Phi) is 7.12. The minimum absolute atomic E-state index is 0.0689. The second-order valence-corrected chi connectivity index (χ2v) is 10.4. The first kappa shape index (κ1) is 21.4. The summed E-state index contributed by atoms with van der Waals surface area (Å²) in [5, 5.41) is 24.5. The van der Waals surface area contributed by atoms with Crippen molar-refractivity contribution >= 4 is 47.5 Å². The first-order valence-electron chi connectivity index (χ1n) is 11.1. The molecule has 1 aromatic heterocycles. The van der Waals surface area contributed by atoms with E-state index in [-0.39, 0.29) is 14.5 Å². The van der Waals surface area contributed by atoms with E-state index >= 15 is 0 Å². The summed E-state index contributed by atoms with van der Waals surface area (Å²) in [5.74, 6) is 0. The van der Waals surface area contributed by atoms with Gasteiger partial charge in [0.2, 0.25) is 0 Å². The molecule has 0 saturated carbocycles. The summed E-state index contributed by atoms with van der Waals surface area (Å²) in [4.78, 5) is 0. The van der Waals surface area contributed by atoms with Gasteiger partial charge < -0.3 is 0 Å². The monoisotopic (exact) mass is 464 g/mol. The molecule has 0 spiro atoms. The van der Waals surface area contributed by atoms with Gasteiger partial charge in [-0.3, -0.25) is 0 Å². The standard InChI is InChI=1S/C26H29BO2Se/c1-2-3-4-5-6-7-12-19-20-13-8-10-15-22(20)26(23-16-11-9-14-21(19)23)24-17-18-25(30-24)27(28)29/h8-11,13-18,28-29H,2-7,12H2,1H3. The van der Waals surface area contributed by atoms with E-state index in [1.807, 2.05) is 6.07 Å². The Hall–Kier alpha value is -1.84. The number of fused-ring (bicyclic) bond motifs is 2. The fourth-order valence-corrected chi connectivity index (χ4v) is 6.46. The molecule has 4 aromatic rings.